The monoisotopic (exact) mass is 597 g/mol. The minimum atomic E-state index is -1.07. The van der Waals surface area contributed by atoms with Crippen molar-refractivity contribution >= 4 is 50.9 Å². The number of amides is 3. The number of nitrogens with one attached hydrogen (secondary N) is 2. The normalized spacial score (nSPS) is 14.5. The summed E-state index contributed by atoms with van der Waals surface area (Å²) in [5, 5.41) is 14.6. The van der Waals surface area contributed by atoms with Crippen molar-refractivity contribution in [2.24, 2.45) is 0 Å². The molecule has 2 heterocycles. The van der Waals surface area contributed by atoms with Gasteiger partial charge in [-0.3, -0.25) is 4.79 Å². The summed E-state index contributed by atoms with van der Waals surface area (Å²) < 4.78 is 11.9. The third-order valence-electron chi connectivity index (χ3n) is 6.20. The number of pyridine rings is 1. The van der Waals surface area contributed by atoms with Gasteiger partial charge in [0.05, 0.1) is 42.2 Å². The first-order valence-corrected chi connectivity index (χ1v) is 13.0. The van der Waals surface area contributed by atoms with Crippen LogP contribution in [0.3, 0.4) is 0 Å². The second-order valence-corrected chi connectivity index (χ2v) is 9.70. The molecule has 0 bridgehead atoms. The zero-order valence-corrected chi connectivity index (χ0v) is 22.7. The Morgan fingerprint density at radius 3 is 2.62 bits per heavy atom. The summed E-state index contributed by atoms with van der Waals surface area (Å²) in [6.45, 7) is 0.820. The first-order valence-electron chi connectivity index (χ1n) is 12.2. The number of likely N-dealkylation sites (tertiary alicyclic amines) is 1. The number of urea groups is 1. The lowest BCUT2D eigenvalue weighted by Crippen LogP contribution is -2.40. The van der Waals surface area contributed by atoms with Gasteiger partial charge in [-0.1, -0.05) is 12.1 Å². The Balaban J connectivity index is 1.36. The molecule has 1 atom stereocenters. The second-order valence-electron chi connectivity index (χ2n) is 8.85. The molecule has 1 aromatic heterocycles. The number of nitrogens with zero attached hydrogens (tertiary/aromatic N) is 2. The van der Waals surface area contributed by atoms with Crippen LogP contribution in [-0.2, 0) is 11.2 Å². The Morgan fingerprint density at radius 2 is 1.90 bits per heavy atom. The zero-order chi connectivity index (χ0) is 27.9. The first-order chi connectivity index (χ1) is 18.7. The molecule has 5 N–H and O–H groups in total. The van der Waals surface area contributed by atoms with Gasteiger partial charge in [-0.25, -0.2) is 14.6 Å². The van der Waals surface area contributed by atoms with Crippen LogP contribution in [0.4, 0.5) is 21.9 Å². The molecule has 0 spiro atoms. The van der Waals surface area contributed by atoms with E-state index in [1.165, 1.54) is 25.3 Å². The van der Waals surface area contributed by atoms with Gasteiger partial charge in [-0.15, -0.1) is 0 Å². The van der Waals surface area contributed by atoms with E-state index in [4.69, 9.17) is 20.3 Å². The second kappa shape index (κ2) is 12.5. The quantitative estimate of drug-likeness (QED) is 0.264. The molecule has 11 nitrogen and oxygen atoms in total. The predicted octanol–water partition coefficient (Wildman–Crippen LogP) is 4.39. The molecule has 1 saturated heterocycles. The van der Waals surface area contributed by atoms with Gasteiger partial charge in [0.2, 0.25) is 11.8 Å². The Labute approximate surface area is 233 Å². The molecule has 39 heavy (non-hydrogen) atoms. The number of halogens is 1. The van der Waals surface area contributed by atoms with E-state index in [0.29, 0.717) is 29.4 Å². The van der Waals surface area contributed by atoms with Crippen molar-refractivity contribution in [1.82, 2.24) is 9.88 Å². The number of carbonyl (C=O) groups excluding carboxylic acids is 2. The minimum absolute atomic E-state index is 0.0474. The smallest absolute Gasteiger partial charge is 0.335 e. The molecule has 0 radical (unpaired) electrons. The standard InChI is InChI=1S/C27H28BrN5O6/c1-38-25-22(32-27(37)31-21-7-3-2-6-19(21)28)10-9-17(30-25)14-24(34)33-12-4-5-18(33)15-39-23-11-8-16(26(35)36)13-20(23)29/h2-3,6-11,13,18H,4-5,12,14-15,29H2,1H3,(H,35,36)(H2,31,32,37)/t18-/m0/s1. The van der Waals surface area contributed by atoms with Crippen LogP contribution in [0.1, 0.15) is 28.9 Å². The number of aromatic nitrogens is 1. The molecular weight excluding hydrogens is 570 g/mol. The number of aromatic carboxylic acids is 1. The number of carboxylic acids is 1. The highest BCUT2D eigenvalue weighted by Crippen LogP contribution is 2.27. The van der Waals surface area contributed by atoms with E-state index in [1.807, 2.05) is 12.1 Å². The Kier molecular flexibility index (Phi) is 8.87. The van der Waals surface area contributed by atoms with Crippen molar-refractivity contribution < 1.29 is 29.0 Å². The topological polar surface area (TPSA) is 156 Å². The SMILES string of the molecule is COc1nc(CC(=O)N2CCC[C@H]2COc2ccc(C(=O)O)cc2N)ccc1NC(=O)Nc1ccccc1Br. The Bertz CT molecular complexity index is 1380. The number of nitrogen functional groups attached to an aromatic ring is 1. The maximum absolute atomic E-state index is 13.1. The van der Waals surface area contributed by atoms with Crippen LogP contribution in [0.15, 0.2) is 59.1 Å². The molecule has 2 aromatic carbocycles. The van der Waals surface area contributed by atoms with Gasteiger partial charge in [0.15, 0.2) is 0 Å². The zero-order valence-electron chi connectivity index (χ0n) is 21.1. The number of hydrogen-bond donors (Lipinski definition) is 4. The lowest BCUT2D eigenvalue weighted by atomic mass is 10.2. The number of carbonyl (C=O) groups is 3. The highest BCUT2D eigenvalue weighted by atomic mass is 79.9. The highest BCUT2D eigenvalue weighted by Gasteiger charge is 2.30. The summed E-state index contributed by atoms with van der Waals surface area (Å²) in [7, 11) is 1.44. The maximum atomic E-state index is 13.1. The van der Waals surface area contributed by atoms with E-state index in [2.05, 4.69) is 31.5 Å². The average molecular weight is 598 g/mol. The van der Waals surface area contributed by atoms with Crippen molar-refractivity contribution in [3.8, 4) is 11.6 Å². The van der Waals surface area contributed by atoms with Crippen LogP contribution in [0.25, 0.3) is 0 Å². The van der Waals surface area contributed by atoms with Crippen LogP contribution in [0, 0.1) is 0 Å². The molecule has 1 aliphatic heterocycles. The van der Waals surface area contributed by atoms with Crippen LogP contribution in [0.5, 0.6) is 11.6 Å². The number of para-hydroxylation sites is 1. The first kappa shape index (κ1) is 27.7. The molecule has 204 valence electrons. The van der Waals surface area contributed by atoms with Crippen molar-refractivity contribution in [3.63, 3.8) is 0 Å². The predicted molar refractivity (Wildman–Crippen MR) is 149 cm³/mol. The number of benzene rings is 2. The molecule has 0 unspecified atom stereocenters. The van der Waals surface area contributed by atoms with Crippen LogP contribution < -0.4 is 25.8 Å². The largest absolute Gasteiger partial charge is 0.489 e. The van der Waals surface area contributed by atoms with Crippen molar-refractivity contribution in [2.75, 3.05) is 36.6 Å². The summed E-state index contributed by atoms with van der Waals surface area (Å²) in [5.41, 5.74) is 7.69. The van der Waals surface area contributed by atoms with E-state index in [-0.39, 0.29) is 42.1 Å². The van der Waals surface area contributed by atoms with E-state index in [9.17, 15) is 14.4 Å². The molecule has 1 aliphatic rings. The van der Waals surface area contributed by atoms with Gasteiger partial charge < -0.3 is 35.8 Å². The molecule has 4 rings (SSSR count). The number of carboxylic acid groups (broad SMARTS) is 1. The van der Waals surface area contributed by atoms with Crippen molar-refractivity contribution in [3.05, 3.63) is 70.3 Å². The van der Waals surface area contributed by atoms with Gasteiger partial charge >= 0.3 is 12.0 Å². The Morgan fingerprint density at radius 1 is 1.13 bits per heavy atom. The molecule has 1 fully saturated rings. The van der Waals surface area contributed by atoms with Gasteiger partial charge in [-0.05, 0) is 71.2 Å². The molecule has 3 aromatic rings. The fraction of sp³-hybridized carbons (Fsp3) is 0.259. The highest BCUT2D eigenvalue weighted by molar-refractivity contribution is 9.10. The summed E-state index contributed by atoms with van der Waals surface area (Å²) in [4.78, 5) is 42.9. The molecular formula is C27H28BrN5O6. The molecule has 3 amide bonds. The number of anilines is 3. The number of nitrogens with two attached hydrogens (primary N) is 1. The third kappa shape index (κ3) is 6.96. The van der Waals surface area contributed by atoms with Crippen molar-refractivity contribution in [1.29, 1.82) is 0 Å². The summed E-state index contributed by atoms with van der Waals surface area (Å²) in [6.07, 6.45) is 1.65. The van der Waals surface area contributed by atoms with Crippen LogP contribution in [-0.4, -0.2) is 59.2 Å². The van der Waals surface area contributed by atoms with E-state index >= 15 is 0 Å². The van der Waals surface area contributed by atoms with Crippen LogP contribution >= 0.6 is 15.9 Å². The Hall–Kier alpha value is -4.32. The van der Waals surface area contributed by atoms with Crippen LogP contribution in [0.2, 0.25) is 0 Å². The third-order valence-corrected chi connectivity index (χ3v) is 6.89. The fourth-order valence-electron chi connectivity index (χ4n) is 4.26. The van der Waals surface area contributed by atoms with Gasteiger partial charge in [-0.2, -0.15) is 0 Å². The van der Waals surface area contributed by atoms with Crippen molar-refractivity contribution in [2.45, 2.75) is 25.3 Å². The number of ether oxygens (including phenoxy) is 2. The van der Waals surface area contributed by atoms with E-state index < -0.39 is 12.0 Å². The lowest BCUT2D eigenvalue weighted by Gasteiger charge is -2.25. The van der Waals surface area contributed by atoms with Gasteiger partial charge in [0.1, 0.15) is 18.0 Å². The maximum Gasteiger partial charge on any atom is 0.335 e. The summed E-state index contributed by atoms with van der Waals surface area (Å²) in [6, 6.07) is 14.2. The molecule has 12 heteroatoms. The summed E-state index contributed by atoms with van der Waals surface area (Å²) >= 11 is 3.39. The average Bonchev–Trinajstić information content (AvgIpc) is 3.39. The fourth-order valence-corrected chi connectivity index (χ4v) is 4.64. The number of methoxy groups -OCH3 is 1. The number of rotatable bonds is 9. The van der Waals surface area contributed by atoms with E-state index in [0.717, 1.165) is 17.3 Å². The molecule has 0 saturated carbocycles. The minimum Gasteiger partial charge on any atom is -0.489 e. The molecule has 0 aliphatic carbocycles. The lowest BCUT2D eigenvalue weighted by molar-refractivity contribution is -0.131. The number of hydrogen-bond acceptors (Lipinski definition) is 7. The summed E-state index contributed by atoms with van der Waals surface area (Å²) in [5.74, 6) is -0.627. The van der Waals surface area contributed by atoms with Gasteiger partial charge in [0, 0.05) is 11.0 Å². The van der Waals surface area contributed by atoms with Gasteiger partial charge in [0.25, 0.3) is 0 Å². The van der Waals surface area contributed by atoms with E-state index in [1.54, 1.807) is 29.2 Å².